The summed E-state index contributed by atoms with van der Waals surface area (Å²) in [5.74, 6) is 1.96. The molecule has 1 aliphatic heterocycles. The van der Waals surface area contributed by atoms with Crippen LogP contribution in [0.3, 0.4) is 0 Å². The van der Waals surface area contributed by atoms with Crippen LogP contribution in [0.25, 0.3) is 0 Å². The number of hydrogen-bond acceptors (Lipinski definition) is 4. The lowest BCUT2D eigenvalue weighted by Gasteiger charge is -2.36. The number of ether oxygens (including phenoxy) is 2. The van der Waals surface area contributed by atoms with Crippen LogP contribution in [0.15, 0.2) is 75.7 Å². The number of allylic oxidation sites excluding steroid dienone is 4. The Morgan fingerprint density at radius 1 is 0.839 bits per heavy atom. The molecule has 0 saturated carbocycles. The molecule has 3 aliphatic rings. The van der Waals surface area contributed by atoms with Crippen LogP contribution >= 0.6 is 15.9 Å². The standard InChI is InChI=1S/C26H23BrO4/c27-17-13-11-16(12-14-17)15-30-21-8-2-1-5-18(21)24-25-19(28)6-3-9-22(25)31-23-10-4-7-20(29)26(23)24/h1-2,5,8,11-14,24H,3-4,6-7,9-10,15H2. The van der Waals surface area contributed by atoms with Gasteiger partial charge in [-0.15, -0.1) is 0 Å². The van der Waals surface area contributed by atoms with Gasteiger partial charge in [-0.05, 0) is 36.6 Å². The lowest BCUT2D eigenvalue weighted by molar-refractivity contribution is -0.117. The number of carbonyl (C=O) groups excluding carboxylic acids is 2. The average Bonchev–Trinajstić information content (AvgIpc) is 2.78. The van der Waals surface area contributed by atoms with E-state index in [1.807, 2.05) is 48.5 Å². The Bertz CT molecular complexity index is 1070. The van der Waals surface area contributed by atoms with Crippen LogP contribution in [-0.2, 0) is 20.9 Å². The van der Waals surface area contributed by atoms with Crippen molar-refractivity contribution in [1.82, 2.24) is 0 Å². The SMILES string of the molecule is O=C1CCCC2=C1C(c1ccccc1OCc1ccc(Br)cc1)C1=C(CCCC1=O)O2. The van der Waals surface area contributed by atoms with Crippen molar-refractivity contribution in [2.24, 2.45) is 0 Å². The first-order chi connectivity index (χ1) is 15.1. The maximum absolute atomic E-state index is 13.0. The second-order valence-corrected chi connectivity index (χ2v) is 9.13. The van der Waals surface area contributed by atoms with Gasteiger partial charge in [-0.1, -0.05) is 46.3 Å². The van der Waals surface area contributed by atoms with Crippen LogP contribution in [0, 0.1) is 0 Å². The molecule has 5 heteroatoms. The minimum absolute atomic E-state index is 0.0823. The van der Waals surface area contributed by atoms with Gasteiger partial charge in [-0.2, -0.15) is 0 Å². The molecule has 0 atom stereocenters. The van der Waals surface area contributed by atoms with Gasteiger partial charge in [0.1, 0.15) is 23.9 Å². The molecular weight excluding hydrogens is 456 g/mol. The molecule has 0 aromatic heterocycles. The maximum Gasteiger partial charge on any atom is 0.163 e. The number of hydrogen-bond donors (Lipinski definition) is 0. The van der Waals surface area contributed by atoms with E-state index in [9.17, 15) is 9.59 Å². The maximum atomic E-state index is 13.0. The van der Waals surface area contributed by atoms with E-state index in [2.05, 4.69) is 15.9 Å². The summed E-state index contributed by atoms with van der Waals surface area (Å²) in [5.41, 5.74) is 3.22. The molecule has 0 radical (unpaired) electrons. The first-order valence-corrected chi connectivity index (χ1v) is 11.6. The molecule has 0 unspecified atom stereocenters. The van der Waals surface area contributed by atoms with E-state index in [0.717, 1.165) is 52.8 Å². The zero-order chi connectivity index (χ0) is 21.4. The molecule has 0 spiro atoms. The summed E-state index contributed by atoms with van der Waals surface area (Å²) < 4.78 is 13.4. The molecule has 158 valence electrons. The van der Waals surface area contributed by atoms with Gasteiger partial charge in [0.05, 0.1) is 5.92 Å². The molecule has 5 rings (SSSR count). The molecule has 0 bridgehead atoms. The minimum Gasteiger partial charge on any atom is -0.489 e. The van der Waals surface area contributed by atoms with E-state index in [0.29, 0.717) is 36.3 Å². The van der Waals surface area contributed by atoms with Gasteiger partial charge in [0, 0.05) is 46.9 Å². The van der Waals surface area contributed by atoms with Crippen LogP contribution in [0.5, 0.6) is 5.75 Å². The summed E-state index contributed by atoms with van der Waals surface area (Å²) in [6, 6.07) is 15.8. The Hall–Kier alpha value is -2.66. The second kappa shape index (κ2) is 8.46. The number of benzene rings is 2. The topological polar surface area (TPSA) is 52.6 Å². The number of rotatable bonds is 4. The number of carbonyl (C=O) groups is 2. The molecule has 1 heterocycles. The monoisotopic (exact) mass is 478 g/mol. The van der Waals surface area contributed by atoms with Crippen molar-refractivity contribution in [2.75, 3.05) is 0 Å². The summed E-state index contributed by atoms with van der Waals surface area (Å²) in [7, 11) is 0. The Morgan fingerprint density at radius 3 is 2.10 bits per heavy atom. The molecule has 0 amide bonds. The summed E-state index contributed by atoms with van der Waals surface area (Å²) in [6.07, 6.45) is 4.06. The Balaban J connectivity index is 1.56. The van der Waals surface area contributed by atoms with Gasteiger partial charge in [0.15, 0.2) is 11.6 Å². The largest absolute Gasteiger partial charge is 0.489 e. The molecule has 31 heavy (non-hydrogen) atoms. The van der Waals surface area contributed by atoms with E-state index < -0.39 is 5.92 Å². The Morgan fingerprint density at radius 2 is 1.45 bits per heavy atom. The van der Waals surface area contributed by atoms with Crippen molar-refractivity contribution in [2.45, 2.75) is 51.0 Å². The smallest absolute Gasteiger partial charge is 0.163 e. The van der Waals surface area contributed by atoms with Crippen molar-refractivity contribution >= 4 is 27.5 Å². The highest BCUT2D eigenvalue weighted by Gasteiger charge is 2.42. The summed E-state index contributed by atoms with van der Waals surface area (Å²) >= 11 is 3.45. The fourth-order valence-electron chi connectivity index (χ4n) is 4.72. The fraction of sp³-hybridized carbons (Fsp3) is 0.308. The third-order valence-electron chi connectivity index (χ3n) is 6.18. The first-order valence-electron chi connectivity index (χ1n) is 10.8. The van der Waals surface area contributed by atoms with Crippen molar-refractivity contribution in [3.63, 3.8) is 0 Å². The molecule has 2 aromatic carbocycles. The van der Waals surface area contributed by atoms with Crippen LogP contribution in [-0.4, -0.2) is 11.6 Å². The third kappa shape index (κ3) is 3.87. The average molecular weight is 479 g/mol. The van der Waals surface area contributed by atoms with Crippen LogP contribution in [0.1, 0.15) is 55.6 Å². The van der Waals surface area contributed by atoms with E-state index in [4.69, 9.17) is 9.47 Å². The molecule has 2 aromatic rings. The summed E-state index contributed by atoms with van der Waals surface area (Å²) in [4.78, 5) is 26.0. The predicted molar refractivity (Wildman–Crippen MR) is 121 cm³/mol. The Labute approximate surface area is 190 Å². The van der Waals surface area contributed by atoms with Gasteiger partial charge in [-0.25, -0.2) is 0 Å². The highest BCUT2D eigenvalue weighted by molar-refractivity contribution is 9.10. The summed E-state index contributed by atoms with van der Waals surface area (Å²) in [5, 5.41) is 0. The quantitative estimate of drug-likeness (QED) is 0.528. The molecule has 0 fully saturated rings. The molecule has 2 aliphatic carbocycles. The lowest BCUT2D eigenvalue weighted by atomic mass is 9.73. The fourth-order valence-corrected chi connectivity index (χ4v) is 4.99. The van der Waals surface area contributed by atoms with Crippen molar-refractivity contribution in [3.8, 4) is 5.75 Å². The molecule has 0 saturated heterocycles. The van der Waals surface area contributed by atoms with Crippen molar-refractivity contribution in [1.29, 1.82) is 0 Å². The highest BCUT2D eigenvalue weighted by Crippen LogP contribution is 2.49. The number of para-hydroxylation sites is 1. The van der Waals surface area contributed by atoms with Gasteiger partial charge >= 0.3 is 0 Å². The zero-order valence-corrected chi connectivity index (χ0v) is 18.7. The van der Waals surface area contributed by atoms with Crippen LogP contribution < -0.4 is 4.74 Å². The third-order valence-corrected chi connectivity index (χ3v) is 6.71. The van der Waals surface area contributed by atoms with E-state index in [1.165, 1.54) is 0 Å². The minimum atomic E-state index is -0.402. The highest BCUT2D eigenvalue weighted by atomic mass is 79.9. The van der Waals surface area contributed by atoms with E-state index >= 15 is 0 Å². The molecule has 4 nitrogen and oxygen atoms in total. The van der Waals surface area contributed by atoms with E-state index in [-0.39, 0.29) is 11.6 Å². The summed E-state index contributed by atoms with van der Waals surface area (Å²) in [6.45, 7) is 0.410. The lowest BCUT2D eigenvalue weighted by Crippen LogP contribution is -2.30. The zero-order valence-electron chi connectivity index (χ0n) is 17.2. The van der Waals surface area contributed by atoms with Gasteiger partial charge < -0.3 is 9.47 Å². The van der Waals surface area contributed by atoms with Crippen LogP contribution in [0.4, 0.5) is 0 Å². The van der Waals surface area contributed by atoms with Gasteiger partial charge in [-0.3, -0.25) is 9.59 Å². The Kier molecular flexibility index (Phi) is 5.53. The second-order valence-electron chi connectivity index (χ2n) is 8.22. The number of halogens is 1. The first kappa shape index (κ1) is 20.3. The number of Topliss-reactive ketones (excluding diaryl/α,β-unsaturated/α-hetero) is 2. The van der Waals surface area contributed by atoms with Gasteiger partial charge in [0.2, 0.25) is 0 Å². The van der Waals surface area contributed by atoms with Gasteiger partial charge in [0.25, 0.3) is 0 Å². The number of ketones is 2. The van der Waals surface area contributed by atoms with Crippen molar-refractivity contribution < 1.29 is 19.1 Å². The molecule has 0 N–H and O–H groups in total. The normalized spacial score (nSPS) is 19.1. The van der Waals surface area contributed by atoms with Crippen molar-refractivity contribution in [3.05, 3.63) is 86.8 Å². The predicted octanol–water partition coefficient (Wildman–Crippen LogP) is 6.16. The van der Waals surface area contributed by atoms with E-state index in [1.54, 1.807) is 0 Å². The molecular formula is C26H23BrO4. The van der Waals surface area contributed by atoms with Crippen LogP contribution in [0.2, 0.25) is 0 Å².